The maximum atomic E-state index is 12.4. The van der Waals surface area contributed by atoms with E-state index in [4.69, 9.17) is 4.74 Å². The van der Waals surface area contributed by atoms with Gasteiger partial charge in [-0.15, -0.1) is 10.2 Å². The molecule has 0 saturated carbocycles. The summed E-state index contributed by atoms with van der Waals surface area (Å²) in [4.78, 5) is 14.0. The van der Waals surface area contributed by atoms with Crippen molar-refractivity contribution in [1.82, 2.24) is 19.7 Å². The first-order valence-corrected chi connectivity index (χ1v) is 8.64. The van der Waals surface area contributed by atoms with Crippen molar-refractivity contribution in [3.8, 4) is 17.1 Å². The Hall–Kier alpha value is -2.02. The molecule has 1 heterocycles. The zero-order valence-electron chi connectivity index (χ0n) is 15.0. The third-order valence-corrected chi connectivity index (χ3v) is 5.25. The van der Waals surface area contributed by atoms with Crippen molar-refractivity contribution in [3.63, 3.8) is 0 Å². The zero-order chi connectivity index (χ0) is 17.9. The van der Waals surface area contributed by atoms with E-state index in [9.17, 15) is 4.79 Å². The van der Waals surface area contributed by atoms with Crippen LogP contribution in [0.15, 0.2) is 29.4 Å². The molecule has 0 radical (unpaired) electrons. The Morgan fingerprint density at radius 3 is 2.58 bits per heavy atom. The number of benzene rings is 1. The standard InChI is InChI=1S/C17H24N4O2S/c1-11(2)14(16(22)20(3)4)24-17-19-18-15(21(17)5)12-8-7-9-13(10-12)23-6/h7-11,14H,1-6H3. The molecule has 2 aromatic rings. The molecule has 0 aliphatic heterocycles. The molecule has 1 aromatic carbocycles. The van der Waals surface area contributed by atoms with E-state index in [2.05, 4.69) is 10.2 Å². The van der Waals surface area contributed by atoms with Crippen LogP contribution in [0, 0.1) is 5.92 Å². The molecule has 7 heteroatoms. The van der Waals surface area contributed by atoms with Gasteiger partial charge in [0, 0.05) is 26.7 Å². The van der Waals surface area contributed by atoms with E-state index in [1.807, 2.05) is 49.7 Å². The summed E-state index contributed by atoms with van der Waals surface area (Å²) < 4.78 is 7.18. The lowest BCUT2D eigenvalue weighted by molar-refractivity contribution is -0.128. The number of rotatable bonds is 6. The van der Waals surface area contributed by atoms with E-state index in [0.717, 1.165) is 22.3 Å². The van der Waals surface area contributed by atoms with Gasteiger partial charge in [0.2, 0.25) is 5.91 Å². The van der Waals surface area contributed by atoms with Gasteiger partial charge in [0.15, 0.2) is 11.0 Å². The van der Waals surface area contributed by atoms with Crippen LogP contribution in [0.2, 0.25) is 0 Å². The first kappa shape index (κ1) is 18.3. The summed E-state index contributed by atoms with van der Waals surface area (Å²) in [5, 5.41) is 9.10. The van der Waals surface area contributed by atoms with E-state index < -0.39 is 0 Å². The molecule has 0 N–H and O–H groups in total. The number of carbonyl (C=O) groups excluding carboxylic acids is 1. The number of hydrogen-bond acceptors (Lipinski definition) is 5. The van der Waals surface area contributed by atoms with E-state index >= 15 is 0 Å². The minimum absolute atomic E-state index is 0.0842. The second-order valence-corrected chi connectivity index (χ2v) is 7.22. The molecule has 6 nitrogen and oxygen atoms in total. The van der Waals surface area contributed by atoms with Crippen molar-refractivity contribution < 1.29 is 9.53 Å². The first-order valence-electron chi connectivity index (χ1n) is 7.76. The second kappa shape index (κ2) is 7.70. The SMILES string of the molecule is COc1cccc(-c2nnc(SC(C(=O)N(C)C)C(C)C)n2C)c1. The summed E-state index contributed by atoms with van der Waals surface area (Å²) in [5.74, 6) is 1.80. The Morgan fingerprint density at radius 1 is 1.29 bits per heavy atom. The number of aromatic nitrogens is 3. The molecule has 24 heavy (non-hydrogen) atoms. The molecule has 2 rings (SSSR count). The highest BCUT2D eigenvalue weighted by atomic mass is 32.2. The Balaban J connectivity index is 2.30. The molecule has 0 fully saturated rings. The minimum Gasteiger partial charge on any atom is -0.497 e. The molecule has 1 unspecified atom stereocenters. The molecule has 1 atom stereocenters. The Morgan fingerprint density at radius 2 is 2.00 bits per heavy atom. The zero-order valence-corrected chi connectivity index (χ0v) is 15.8. The average molecular weight is 348 g/mol. The fourth-order valence-corrected chi connectivity index (χ4v) is 3.41. The summed E-state index contributed by atoms with van der Waals surface area (Å²) in [6, 6.07) is 7.69. The summed E-state index contributed by atoms with van der Waals surface area (Å²) in [6.45, 7) is 4.08. The van der Waals surface area contributed by atoms with Gasteiger partial charge in [0.1, 0.15) is 5.75 Å². The van der Waals surface area contributed by atoms with Crippen molar-refractivity contribution in [1.29, 1.82) is 0 Å². The van der Waals surface area contributed by atoms with Gasteiger partial charge < -0.3 is 14.2 Å². The van der Waals surface area contributed by atoms with Gasteiger partial charge in [-0.05, 0) is 18.1 Å². The predicted molar refractivity (Wildman–Crippen MR) is 96.2 cm³/mol. The van der Waals surface area contributed by atoms with Crippen molar-refractivity contribution in [2.24, 2.45) is 13.0 Å². The van der Waals surface area contributed by atoms with Gasteiger partial charge in [-0.2, -0.15) is 0 Å². The van der Waals surface area contributed by atoms with Gasteiger partial charge in [-0.25, -0.2) is 0 Å². The number of nitrogens with zero attached hydrogens (tertiary/aromatic N) is 4. The second-order valence-electron chi connectivity index (χ2n) is 6.11. The number of ether oxygens (including phenoxy) is 1. The highest BCUT2D eigenvalue weighted by molar-refractivity contribution is 8.00. The van der Waals surface area contributed by atoms with Crippen molar-refractivity contribution in [3.05, 3.63) is 24.3 Å². The molecule has 130 valence electrons. The number of carbonyl (C=O) groups is 1. The first-order chi connectivity index (χ1) is 11.3. The smallest absolute Gasteiger partial charge is 0.235 e. The Bertz CT molecular complexity index is 712. The van der Waals surface area contributed by atoms with E-state index in [1.165, 1.54) is 11.8 Å². The molecule has 0 spiro atoms. The van der Waals surface area contributed by atoms with E-state index in [0.29, 0.717) is 0 Å². The van der Waals surface area contributed by atoms with Crippen LogP contribution in [0.25, 0.3) is 11.4 Å². The largest absolute Gasteiger partial charge is 0.497 e. The Kier molecular flexibility index (Phi) is 5.88. The van der Waals surface area contributed by atoms with Gasteiger partial charge in [-0.3, -0.25) is 4.79 Å². The fourth-order valence-electron chi connectivity index (χ4n) is 2.27. The summed E-state index contributed by atoms with van der Waals surface area (Å²) in [6.07, 6.45) is 0. The van der Waals surface area contributed by atoms with Gasteiger partial charge in [0.05, 0.1) is 12.4 Å². The lowest BCUT2D eigenvalue weighted by Crippen LogP contribution is -2.35. The van der Waals surface area contributed by atoms with Gasteiger partial charge in [-0.1, -0.05) is 37.7 Å². The summed E-state index contributed by atoms with van der Waals surface area (Å²) in [5.41, 5.74) is 0.927. The van der Waals surface area contributed by atoms with E-state index in [1.54, 1.807) is 26.1 Å². The van der Waals surface area contributed by atoms with Crippen LogP contribution in [-0.2, 0) is 11.8 Å². The van der Waals surface area contributed by atoms with Crippen LogP contribution >= 0.6 is 11.8 Å². The van der Waals surface area contributed by atoms with Crippen LogP contribution in [-0.4, -0.2) is 52.0 Å². The lowest BCUT2D eigenvalue weighted by atomic mass is 10.1. The highest BCUT2D eigenvalue weighted by Gasteiger charge is 2.27. The molecule has 0 aliphatic carbocycles. The molecule has 0 aliphatic rings. The Labute approximate surface area is 147 Å². The number of amides is 1. The third kappa shape index (κ3) is 3.90. The summed E-state index contributed by atoms with van der Waals surface area (Å²) >= 11 is 1.45. The molecule has 1 amide bonds. The van der Waals surface area contributed by atoms with Crippen LogP contribution in [0.3, 0.4) is 0 Å². The quantitative estimate of drug-likeness (QED) is 0.751. The number of thioether (sulfide) groups is 1. The molecular formula is C17H24N4O2S. The maximum Gasteiger partial charge on any atom is 0.235 e. The minimum atomic E-state index is -0.193. The molecule has 0 bridgehead atoms. The number of hydrogen-bond donors (Lipinski definition) is 0. The maximum absolute atomic E-state index is 12.4. The highest BCUT2D eigenvalue weighted by Crippen LogP contribution is 2.30. The van der Waals surface area contributed by atoms with Gasteiger partial charge >= 0.3 is 0 Å². The van der Waals surface area contributed by atoms with Gasteiger partial charge in [0.25, 0.3) is 0 Å². The van der Waals surface area contributed by atoms with E-state index in [-0.39, 0.29) is 17.1 Å². The normalized spacial score (nSPS) is 12.3. The average Bonchev–Trinajstić information content (AvgIpc) is 2.92. The van der Waals surface area contributed by atoms with Crippen LogP contribution in [0.5, 0.6) is 5.75 Å². The van der Waals surface area contributed by atoms with Crippen molar-refractivity contribution in [2.75, 3.05) is 21.2 Å². The van der Waals surface area contributed by atoms with Crippen LogP contribution in [0.4, 0.5) is 0 Å². The fraction of sp³-hybridized carbons (Fsp3) is 0.471. The summed E-state index contributed by atoms with van der Waals surface area (Å²) in [7, 11) is 7.10. The monoisotopic (exact) mass is 348 g/mol. The van der Waals surface area contributed by atoms with Crippen molar-refractivity contribution in [2.45, 2.75) is 24.3 Å². The topological polar surface area (TPSA) is 60.3 Å². The van der Waals surface area contributed by atoms with Crippen LogP contribution < -0.4 is 4.74 Å². The number of methoxy groups -OCH3 is 1. The van der Waals surface area contributed by atoms with Crippen molar-refractivity contribution >= 4 is 17.7 Å². The predicted octanol–water partition coefficient (Wildman–Crippen LogP) is 2.70. The molecular weight excluding hydrogens is 324 g/mol. The lowest BCUT2D eigenvalue weighted by Gasteiger charge is -2.22. The third-order valence-electron chi connectivity index (χ3n) is 3.68. The van der Waals surface area contributed by atoms with Crippen LogP contribution in [0.1, 0.15) is 13.8 Å². The molecule has 1 aromatic heterocycles. The molecule has 0 saturated heterocycles.